The highest BCUT2D eigenvalue weighted by Crippen LogP contribution is 2.25. The summed E-state index contributed by atoms with van der Waals surface area (Å²) in [6.07, 6.45) is 2.69. The Hall–Kier alpha value is -4.21. The van der Waals surface area contributed by atoms with Gasteiger partial charge in [0.15, 0.2) is 11.2 Å². The number of nitrogens with zero attached hydrogens (tertiary/aromatic N) is 5. The van der Waals surface area contributed by atoms with E-state index in [1.54, 1.807) is 12.1 Å². The summed E-state index contributed by atoms with van der Waals surface area (Å²) < 4.78 is 3.56. The van der Waals surface area contributed by atoms with Crippen LogP contribution in [0.25, 0.3) is 21.9 Å². The number of nitrogens with one attached hydrogen (secondary N) is 1. The topological polar surface area (TPSA) is 124 Å². The molecule has 0 fully saturated rings. The molecule has 0 radical (unpaired) electrons. The molecule has 0 aliphatic rings. The lowest BCUT2D eigenvalue weighted by molar-refractivity contribution is -0.121. The number of phenols is 1. The van der Waals surface area contributed by atoms with Gasteiger partial charge < -0.3 is 9.67 Å². The van der Waals surface area contributed by atoms with Crippen LogP contribution in [0.3, 0.4) is 0 Å². The van der Waals surface area contributed by atoms with Gasteiger partial charge in [-0.15, -0.1) is 0 Å². The number of aryl methyl sites for hydroxylation is 1. The van der Waals surface area contributed by atoms with Crippen LogP contribution in [0, 0.1) is 0 Å². The molecule has 0 bridgehead atoms. The van der Waals surface area contributed by atoms with E-state index in [2.05, 4.69) is 15.5 Å². The highest BCUT2D eigenvalue weighted by molar-refractivity contribution is 6.02. The third-order valence-electron chi connectivity index (χ3n) is 4.86. The van der Waals surface area contributed by atoms with Crippen molar-refractivity contribution in [3.8, 4) is 5.75 Å². The number of benzene rings is 2. The second kappa shape index (κ2) is 7.32. The summed E-state index contributed by atoms with van der Waals surface area (Å²) in [6, 6.07) is 10.8. The number of carbonyl (C=O) groups excluding carboxylic acids is 1. The number of hydrogen-bond donors (Lipinski definition) is 2. The van der Waals surface area contributed by atoms with E-state index < -0.39 is 17.2 Å². The monoisotopic (exact) mass is 406 g/mol. The molecule has 4 aromatic rings. The molecule has 152 valence electrons. The fourth-order valence-electron chi connectivity index (χ4n) is 3.30. The predicted octanol–water partition coefficient (Wildman–Crippen LogP) is 0.443. The first-order valence-electron chi connectivity index (χ1n) is 9.02. The van der Waals surface area contributed by atoms with Gasteiger partial charge in [0.05, 0.1) is 12.5 Å². The predicted molar refractivity (Wildman–Crippen MR) is 112 cm³/mol. The van der Waals surface area contributed by atoms with Gasteiger partial charge in [0.1, 0.15) is 12.3 Å². The van der Waals surface area contributed by atoms with Crippen LogP contribution in [-0.2, 0) is 25.4 Å². The average molecular weight is 406 g/mol. The smallest absolute Gasteiger partial charge is 0.332 e. The van der Waals surface area contributed by atoms with E-state index in [0.29, 0.717) is 5.56 Å². The van der Waals surface area contributed by atoms with Crippen LogP contribution in [0.4, 0.5) is 0 Å². The van der Waals surface area contributed by atoms with Gasteiger partial charge in [0, 0.05) is 19.7 Å². The molecule has 10 heteroatoms. The van der Waals surface area contributed by atoms with Crippen LogP contribution in [0.1, 0.15) is 5.56 Å². The minimum Gasteiger partial charge on any atom is -0.507 e. The Morgan fingerprint density at radius 2 is 1.93 bits per heavy atom. The average Bonchev–Trinajstić information content (AvgIpc) is 3.16. The zero-order valence-electron chi connectivity index (χ0n) is 16.2. The number of hydrazone groups is 1. The van der Waals surface area contributed by atoms with Crippen molar-refractivity contribution in [2.45, 2.75) is 6.54 Å². The van der Waals surface area contributed by atoms with E-state index in [9.17, 15) is 19.5 Å². The van der Waals surface area contributed by atoms with Crippen LogP contribution in [0.5, 0.6) is 5.75 Å². The molecule has 0 aliphatic heterocycles. The van der Waals surface area contributed by atoms with Crippen molar-refractivity contribution in [1.29, 1.82) is 0 Å². The van der Waals surface area contributed by atoms with Crippen LogP contribution >= 0.6 is 0 Å². The van der Waals surface area contributed by atoms with Crippen LogP contribution in [0.2, 0.25) is 0 Å². The first kappa shape index (κ1) is 19.1. The van der Waals surface area contributed by atoms with E-state index >= 15 is 0 Å². The zero-order valence-corrected chi connectivity index (χ0v) is 16.2. The molecule has 4 rings (SSSR count). The van der Waals surface area contributed by atoms with Gasteiger partial charge in [-0.1, -0.05) is 30.3 Å². The Labute approximate surface area is 169 Å². The van der Waals surface area contributed by atoms with Gasteiger partial charge >= 0.3 is 5.69 Å². The minimum absolute atomic E-state index is 0.0386. The van der Waals surface area contributed by atoms with Crippen molar-refractivity contribution in [2.75, 3.05) is 0 Å². The fourth-order valence-corrected chi connectivity index (χ4v) is 3.30. The summed E-state index contributed by atoms with van der Waals surface area (Å²) in [4.78, 5) is 40.8. The van der Waals surface area contributed by atoms with E-state index in [1.807, 2.05) is 24.3 Å². The van der Waals surface area contributed by atoms with Crippen molar-refractivity contribution in [2.24, 2.45) is 19.2 Å². The Morgan fingerprint density at radius 1 is 1.17 bits per heavy atom. The SMILES string of the molecule is Cn1c(=O)c2c(ncn2CC(=O)N/N=C/c2c(O)ccc3ccccc23)n(C)c1=O. The summed E-state index contributed by atoms with van der Waals surface area (Å²) >= 11 is 0. The highest BCUT2D eigenvalue weighted by atomic mass is 16.3. The van der Waals surface area contributed by atoms with E-state index in [1.165, 1.54) is 35.8 Å². The van der Waals surface area contributed by atoms with Crippen molar-refractivity contribution in [1.82, 2.24) is 24.1 Å². The summed E-state index contributed by atoms with van der Waals surface area (Å²) in [6.45, 7) is -0.219. The summed E-state index contributed by atoms with van der Waals surface area (Å²) in [5.41, 5.74) is 2.16. The standard InChI is InChI=1S/C20H18N6O4/c1-24-18-17(19(29)25(2)20(24)30)26(11-21-18)10-16(28)23-22-9-14-13-6-4-3-5-12(13)7-8-15(14)27/h3-9,11,27H,10H2,1-2H3,(H,23,28)/b22-9+. The summed E-state index contributed by atoms with van der Waals surface area (Å²) in [5, 5.41) is 15.8. The Balaban J connectivity index is 1.58. The van der Waals surface area contributed by atoms with E-state index in [-0.39, 0.29) is 23.5 Å². The van der Waals surface area contributed by atoms with Gasteiger partial charge in [-0.2, -0.15) is 5.10 Å². The number of aromatic hydroxyl groups is 1. The van der Waals surface area contributed by atoms with Crippen LogP contribution in [0.15, 0.2) is 57.4 Å². The van der Waals surface area contributed by atoms with Gasteiger partial charge in [-0.05, 0) is 16.8 Å². The third-order valence-corrected chi connectivity index (χ3v) is 4.86. The Bertz CT molecular complexity index is 1440. The minimum atomic E-state index is -0.539. The molecule has 0 spiro atoms. The normalized spacial score (nSPS) is 11.5. The van der Waals surface area contributed by atoms with E-state index in [4.69, 9.17) is 0 Å². The number of rotatable bonds is 4. The van der Waals surface area contributed by atoms with Crippen molar-refractivity contribution in [3.63, 3.8) is 0 Å². The molecule has 0 unspecified atom stereocenters. The number of hydrogen-bond acceptors (Lipinski definition) is 6. The first-order valence-corrected chi connectivity index (χ1v) is 9.02. The van der Waals surface area contributed by atoms with Gasteiger partial charge in [-0.25, -0.2) is 15.2 Å². The molecule has 10 nitrogen and oxygen atoms in total. The second-order valence-corrected chi connectivity index (χ2v) is 6.76. The second-order valence-electron chi connectivity index (χ2n) is 6.76. The molecule has 0 saturated heterocycles. The number of fused-ring (bicyclic) bond motifs is 2. The zero-order chi connectivity index (χ0) is 21.4. The lowest BCUT2D eigenvalue weighted by Crippen LogP contribution is -2.38. The van der Waals surface area contributed by atoms with Gasteiger partial charge in [0.2, 0.25) is 0 Å². The van der Waals surface area contributed by atoms with E-state index in [0.717, 1.165) is 15.3 Å². The Morgan fingerprint density at radius 3 is 2.73 bits per heavy atom. The lowest BCUT2D eigenvalue weighted by atomic mass is 10.0. The van der Waals surface area contributed by atoms with Crippen molar-refractivity contribution >= 4 is 34.1 Å². The maximum atomic E-state index is 12.4. The number of amides is 1. The van der Waals surface area contributed by atoms with Crippen LogP contribution < -0.4 is 16.7 Å². The fraction of sp³-hybridized carbons (Fsp3) is 0.150. The largest absolute Gasteiger partial charge is 0.507 e. The molecular weight excluding hydrogens is 388 g/mol. The number of imidazole rings is 1. The highest BCUT2D eigenvalue weighted by Gasteiger charge is 2.15. The maximum Gasteiger partial charge on any atom is 0.332 e. The van der Waals surface area contributed by atoms with Gasteiger partial charge in [-0.3, -0.25) is 18.7 Å². The van der Waals surface area contributed by atoms with Gasteiger partial charge in [0.25, 0.3) is 11.5 Å². The third kappa shape index (κ3) is 3.13. The molecular formula is C20H18N6O4. The molecule has 2 heterocycles. The molecule has 0 saturated carbocycles. The van der Waals surface area contributed by atoms with Crippen molar-refractivity contribution in [3.05, 3.63) is 69.1 Å². The number of phenolic OH excluding ortho intramolecular Hbond substituents is 1. The molecule has 30 heavy (non-hydrogen) atoms. The molecule has 2 N–H and O–H groups in total. The molecule has 0 aliphatic carbocycles. The Kier molecular flexibility index (Phi) is 4.66. The molecule has 2 aromatic carbocycles. The maximum absolute atomic E-state index is 12.4. The summed E-state index contributed by atoms with van der Waals surface area (Å²) in [5.74, 6) is -0.460. The molecule has 2 aromatic heterocycles. The quantitative estimate of drug-likeness (QED) is 0.376. The van der Waals surface area contributed by atoms with Crippen LogP contribution in [-0.4, -0.2) is 35.9 Å². The lowest BCUT2D eigenvalue weighted by Gasteiger charge is -2.06. The first-order chi connectivity index (χ1) is 14.4. The molecule has 0 atom stereocenters. The van der Waals surface area contributed by atoms with Crippen molar-refractivity contribution < 1.29 is 9.90 Å². The number of carbonyl (C=O) groups is 1. The molecule has 1 amide bonds. The number of aromatic nitrogens is 4. The summed E-state index contributed by atoms with van der Waals surface area (Å²) in [7, 11) is 2.87.